The van der Waals surface area contributed by atoms with Crippen LogP contribution in [-0.2, 0) is 11.0 Å². The highest BCUT2D eigenvalue weighted by Crippen LogP contribution is 2.30. The molecule has 0 amide bonds. The maximum atomic E-state index is 12.6. The second-order valence-corrected chi connectivity index (χ2v) is 4.80. The lowest BCUT2D eigenvalue weighted by Gasteiger charge is -2.21. The monoisotopic (exact) mass is 288 g/mol. The van der Waals surface area contributed by atoms with Crippen molar-refractivity contribution in [1.29, 1.82) is 0 Å². The van der Waals surface area contributed by atoms with Gasteiger partial charge in [0.1, 0.15) is 6.29 Å². The summed E-state index contributed by atoms with van der Waals surface area (Å²) in [6, 6.07) is 4.59. The van der Waals surface area contributed by atoms with E-state index in [4.69, 9.17) is 5.73 Å². The Kier molecular flexibility index (Phi) is 6.16. The van der Waals surface area contributed by atoms with Gasteiger partial charge in [-0.2, -0.15) is 13.2 Å². The number of nitrogens with zero attached hydrogens (tertiary/aromatic N) is 1. The molecule has 0 fully saturated rings. The predicted molar refractivity (Wildman–Crippen MR) is 71.2 cm³/mol. The molecule has 1 unspecified atom stereocenters. The molecule has 1 aromatic carbocycles. The third-order valence-corrected chi connectivity index (χ3v) is 3.01. The number of benzene rings is 1. The molecule has 20 heavy (non-hydrogen) atoms. The van der Waals surface area contributed by atoms with Crippen molar-refractivity contribution in [3.8, 4) is 0 Å². The van der Waals surface area contributed by atoms with Crippen molar-refractivity contribution in [3.05, 3.63) is 35.4 Å². The Labute approximate surface area is 116 Å². The molecule has 0 saturated carbocycles. The number of hydrogen-bond acceptors (Lipinski definition) is 3. The molecule has 0 aromatic heterocycles. The van der Waals surface area contributed by atoms with Crippen LogP contribution < -0.4 is 5.73 Å². The minimum absolute atomic E-state index is 0.445. The van der Waals surface area contributed by atoms with E-state index >= 15 is 0 Å². The Morgan fingerprint density at radius 1 is 1.40 bits per heavy atom. The van der Waals surface area contributed by atoms with Crippen molar-refractivity contribution in [1.82, 2.24) is 4.90 Å². The summed E-state index contributed by atoms with van der Waals surface area (Å²) in [6.07, 6.45) is -2.31. The van der Waals surface area contributed by atoms with E-state index in [9.17, 15) is 18.0 Å². The van der Waals surface area contributed by atoms with E-state index in [2.05, 4.69) is 0 Å². The molecule has 1 aromatic rings. The SMILES string of the molecule is CN(CCCC=O)CC(N)c1cccc(C(F)(F)F)c1. The van der Waals surface area contributed by atoms with Crippen LogP contribution in [-0.4, -0.2) is 31.3 Å². The first-order chi connectivity index (χ1) is 9.34. The van der Waals surface area contributed by atoms with Crippen LogP contribution in [0.25, 0.3) is 0 Å². The molecule has 3 nitrogen and oxygen atoms in total. The van der Waals surface area contributed by atoms with Gasteiger partial charge in [0.25, 0.3) is 0 Å². The van der Waals surface area contributed by atoms with Gasteiger partial charge >= 0.3 is 6.18 Å². The van der Waals surface area contributed by atoms with Crippen LogP contribution in [0.1, 0.15) is 30.0 Å². The number of carbonyl (C=O) groups excluding carboxylic acids is 1. The standard InChI is InChI=1S/C14H19F3N2O/c1-19(7-2-3-8-20)10-13(18)11-5-4-6-12(9-11)14(15,16)17/h4-6,8-9,13H,2-3,7,10,18H2,1H3. The highest BCUT2D eigenvalue weighted by Gasteiger charge is 2.30. The molecule has 1 atom stereocenters. The molecule has 0 aliphatic rings. The van der Waals surface area contributed by atoms with Crippen LogP contribution in [0.15, 0.2) is 24.3 Å². The Hall–Kier alpha value is -1.40. The number of rotatable bonds is 7. The van der Waals surface area contributed by atoms with Crippen molar-refractivity contribution in [2.75, 3.05) is 20.1 Å². The topological polar surface area (TPSA) is 46.3 Å². The fraction of sp³-hybridized carbons (Fsp3) is 0.500. The van der Waals surface area contributed by atoms with Crippen LogP contribution in [0.5, 0.6) is 0 Å². The van der Waals surface area contributed by atoms with Crippen LogP contribution in [0.2, 0.25) is 0 Å². The van der Waals surface area contributed by atoms with Gasteiger partial charge in [-0.25, -0.2) is 0 Å². The molecule has 0 heterocycles. The lowest BCUT2D eigenvalue weighted by molar-refractivity contribution is -0.137. The number of aldehydes is 1. The summed E-state index contributed by atoms with van der Waals surface area (Å²) in [6.45, 7) is 1.13. The summed E-state index contributed by atoms with van der Waals surface area (Å²) in [5.74, 6) is 0. The van der Waals surface area contributed by atoms with Gasteiger partial charge in [-0.3, -0.25) is 0 Å². The molecule has 0 aliphatic carbocycles. The largest absolute Gasteiger partial charge is 0.416 e. The van der Waals surface area contributed by atoms with Crippen molar-refractivity contribution < 1.29 is 18.0 Å². The molecule has 0 aliphatic heterocycles. The van der Waals surface area contributed by atoms with E-state index in [0.717, 1.165) is 24.8 Å². The summed E-state index contributed by atoms with van der Waals surface area (Å²) in [4.78, 5) is 12.1. The Morgan fingerprint density at radius 2 is 2.10 bits per heavy atom. The molecule has 2 N–H and O–H groups in total. The molecular formula is C14H19F3N2O. The molecule has 0 spiro atoms. The second kappa shape index (κ2) is 7.40. The fourth-order valence-electron chi connectivity index (χ4n) is 1.92. The van der Waals surface area contributed by atoms with Crippen molar-refractivity contribution >= 4 is 6.29 Å². The van der Waals surface area contributed by atoms with Gasteiger partial charge in [0.05, 0.1) is 5.56 Å². The first-order valence-corrected chi connectivity index (χ1v) is 6.39. The zero-order valence-electron chi connectivity index (χ0n) is 11.4. The van der Waals surface area contributed by atoms with Gasteiger partial charge in [-0.1, -0.05) is 12.1 Å². The summed E-state index contributed by atoms with van der Waals surface area (Å²) in [5, 5.41) is 0. The molecule has 6 heteroatoms. The maximum Gasteiger partial charge on any atom is 0.416 e. The Bertz CT molecular complexity index is 435. The predicted octanol–water partition coefficient (Wildman–Crippen LogP) is 2.62. The molecule has 0 bridgehead atoms. The molecular weight excluding hydrogens is 269 g/mol. The summed E-state index contributed by atoms with van der Waals surface area (Å²) in [5.41, 5.74) is 5.71. The Balaban J connectivity index is 2.63. The zero-order chi connectivity index (χ0) is 15.2. The number of nitrogens with two attached hydrogens (primary N) is 1. The van der Waals surface area contributed by atoms with Crippen molar-refractivity contribution in [2.24, 2.45) is 5.73 Å². The first-order valence-electron chi connectivity index (χ1n) is 6.39. The highest BCUT2D eigenvalue weighted by molar-refractivity contribution is 5.49. The number of halogens is 3. The average Bonchev–Trinajstić information content (AvgIpc) is 2.38. The third kappa shape index (κ3) is 5.30. The third-order valence-electron chi connectivity index (χ3n) is 3.01. The summed E-state index contributed by atoms with van der Waals surface area (Å²) < 4.78 is 37.8. The zero-order valence-corrected chi connectivity index (χ0v) is 11.4. The van der Waals surface area contributed by atoms with Gasteiger partial charge in [-0.05, 0) is 37.7 Å². The van der Waals surface area contributed by atoms with Gasteiger partial charge in [0.2, 0.25) is 0 Å². The quantitative estimate of drug-likeness (QED) is 0.619. The molecule has 0 radical (unpaired) electrons. The van der Waals surface area contributed by atoms with Crippen LogP contribution in [0.3, 0.4) is 0 Å². The fourth-order valence-corrected chi connectivity index (χ4v) is 1.92. The molecule has 112 valence electrons. The lowest BCUT2D eigenvalue weighted by atomic mass is 10.0. The minimum atomic E-state index is -4.36. The van der Waals surface area contributed by atoms with Crippen LogP contribution in [0.4, 0.5) is 13.2 Å². The van der Waals surface area contributed by atoms with Gasteiger partial charge < -0.3 is 15.4 Å². The first kappa shape index (κ1) is 16.7. The smallest absolute Gasteiger partial charge is 0.323 e. The van der Waals surface area contributed by atoms with E-state index in [1.165, 1.54) is 6.07 Å². The van der Waals surface area contributed by atoms with Gasteiger partial charge in [0.15, 0.2) is 0 Å². The Morgan fingerprint density at radius 3 is 2.70 bits per heavy atom. The number of likely N-dealkylation sites (N-methyl/N-ethyl adjacent to an activating group) is 1. The van der Waals surface area contributed by atoms with E-state index < -0.39 is 17.8 Å². The van der Waals surface area contributed by atoms with Crippen LogP contribution >= 0.6 is 0 Å². The summed E-state index contributed by atoms with van der Waals surface area (Å²) in [7, 11) is 1.83. The average molecular weight is 288 g/mol. The minimum Gasteiger partial charge on any atom is -0.323 e. The highest BCUT2D eigenvalue weighted by atomic mass is 19.4. The van der Waals surface area contributed by atoms with E-state index in [1.807, 2.05) is 11.9 Å². The normalized spacial score (nSPS) is 13.5. The molecule has 0 saturated heterocycles. The van der Waals surface area contributed by atoms with Gasteiger partial charge in [0, 0.05) is 19.0 Å². The van der Waals surface area contributed by atoms with Crippen molar-refractivity contribution in [2.45, 2.75) is 25.1 Å². The maximum absolute atomic E-state index is 12.6. The number of unbranched alkanes of at least 4 members (excludes halogenated alkanes) is 1. The van der Waals surface area contributed by atoms with E-state index in [-0.39, 0.29) is 0 Å². The summed E-state index contributed by atoms with van der Waals surface area (Å²) >= 11 is 0. The number of alkyl halides is 3. The number of hydrogen-bond donors (Lipinski definition) is 1. The molecule has 1 rings (SSSR count). The van der Waals surface area contributed by atoms with Crippen LogP contribution in [0, 0.1) is 0 Å². The van der Waals surface area contributed by atoms with Gasteiger partial charge in [-0.15, -0.1) is 0 Å². The second-order valence-electron chi connectivity index (χ2n) is 4.80. The number of carbonyl (C=O) groups is 1. The lowest BCUT2D eigenvalue weighted by Crippen LogP contribution is -2.30. The van der Waals surface area contributed by atoms with Crippen molar-refractivity contribution in [3.63, 3.8) is 0 Å². The van der Waals surface area contributed by atoms with E-state index in [1.54, 1.807) is 6.07 Å². The van der Waals surface area contributed by atoms with E-state index in [0.29, 0.717) is 25.1 Å².